The van der Waals surface area contributed by atoms with Crippen molar-refractivity contribution in [2.45, 2.75) is 58.1 Å². The van der Waals surface area contributed by atoms with Gasteiger partial charge in [-0.1, -0.05) is 6.92 Å². The zero-order valence-corrected chi connectivity index (χ0v) is 10.8. The molecule has 3 heteroatoms. The van der Waals surface area contributed by atoms with E-state index in [2.05, 4.69) is 12.2 Å². The highest BCUT2D eigenvalue weighted by Crippen LogP contribution is 2.21. The number of nitrogens with one attached hydrogen (secondary N) is 1. The fourth-order valence-corrected chi connectivity index (χ4v) is 2.28. The topological polar surface area (TPSA) is 30.5 Å². The molecule has 1 saturated carbocycles. The second-order valence-corrected chi connectivity index (χ2v) is 4.45. The Morgan fingerprint density at radius 1 is 1.06 bits per heavy atom. The van der Waals surface area contributed by atoms with E-state index in [1.54, 1.807) is 0 Å². The summed E-state index contributed by atoms with van der Waals surface area (Å²) in [5.74, 6) is 0. The Labute approximate surface area is 99.9 Å². The molecule has 0 radical (unpaired) electrons. The summed E-state index contributed by atoms with van der Waals surface area (Å²) in [6.45, 7) is 7.80. The van der Waals surface area contributed by atoms with Crippen LogP contribution in [0.1, 0.15) is 46.0 Å². The third kappa shape index (κ3) is 5.83. The summed E-state index contributed by atoms with van der Waals surface area (Å²) in [7, 11) is 0. The SMILES string of the molecule is CCNC1CCC(OCCCOCC)CC1. The van der Waals surface area contributed by atoms with Crippen molar-refractivity contribution in [3.8, 4) is 0 Å². The first-order chi connectivity index (χ1) is 7.86. The summed E-state index contributed by atoms with van der Waals surface area (Å²) in [5.41, 5.74) is 0. The van der Waals surface area contributed by atoms with Gasteiger partial charge in [-0.25, -0.2) is 0 Å². The molecular weight excluding hydrogens is 202 g/mol. The first-order valence-electron chi connectivity index (χ1n) is 6.79. The van der Waals surface area contributed by atoms with Crippen LogP contribution in [0.2, 0.25) is 0 Å². The average Bonchev–Trinajstić information content (AvgIpc) is 2.31. The Bertz CT molecular complexity index is 156. The Balaban J connectivity index is 1.95. The first kappa shape index (κ1) is 13.9. The molecule has 0 atom stereocenters. The van der Waals surface area contributed by atoms with Crippen LogP contribution in [-0.4, -0.2) is 38.5 Å². The zero-order chi connectivity index (χ0) is 11.6. The lowest BCUT2D eigenvalue weighted by molar-refractivity contribution is 0.0103. The Hall–Kier alpha value is -0.120. The van der Waals surface area contributed by atoms with Gasteiger partial charge in [-0.05, 0) is 45.6 Å². The second kappa shape index (κ2) is 8.97. The molecule has 1 fully saturated rings. The number of ether oxygens (including phenoxy) is 2. The Kier molecular flexibility index (Phi) is 7.81. The maximum Gasteiger partial charge on any atom is 0.0576 e. The van der Waals surface area contributed by atoms with Crippen LogP contribution in [0.5, 0.6) is 0 Å². The van der Waals surface area contributed by atoms with Crippen molar-refractivity contribution in [1.82, 2.24) is 5.32 Å². The molecule has 0 heterocycles. The normalized spacial score (nSPS) is 25.9. The molecule has 1 N–H and O–H groups in total. The minimum Gasteiger partial charge on any atom is -0.382 e. The van der Waals surface area contributed by atoms with Gasteiger partial charge in [0.05, 0.1) is 6.10 Å². The average molecular weight is 229 g/mol. The molecule has 0 unspecified atom stereocenters. The van der Waals surface area contributed by atoms with E-state index in [1.165, 1.54) is 25.7 Å². The van der Waals surface area contributed by atoms with Gasteiger partial charge in [0.1, 0.15) is 0 Å². The van der Waals surface area contributed by atoms with Crippen molar-refractivity contribution in [1.29, 1.82) is 0 Å². The lowest BCUT2D eigenvalue weighted by atomic mass is 9.93. The molecule has 0 aromatic heterocycles. The van der Waals surface area contributed by atoms with Crippen molar-refractivity contribution in [3.05, 3.63) is 0 Å². The lowest BCUT2D eigenvalue weighted by Gasteiger charge is -2.29. The summed E-state index contributed by atoms with van der Waals surface area (Å²) >= 11 is 0. The molecule has 0 aromatic rings. The van der Waals surface area contributed by atoms with E-state index in [0.29, 0.717) is 6.10 Å². The van der Waals surface area contributed by atoms with Crippen LogP contribution < -0.4 is 5.32 Å². The van der Waals surface area contributed by atoms with Crippen LogP contribution in [0, 0.1) is 0 Å². The van der Waals surface area contributed by atoms with Crippen LogP contribution in [0.4, 0.5) is 0 Å². The van der Waals surface area contributed by atoms with E-state index in [9.17, 15) is 0 Å². The van der Waals surface area contributed by atoms with E-state index < -0.39 is 0 Å². The van der Waals surface area contributed by atoms with Gasteiger partial charge in [0.2, 0.25) is 0 Å². The van der Waals surface area contributed by atoms with Gasteiger partial charge < -0.3 is 14.8 Å². The monoisotopic (exact) mass is 229 g/mol. The van der Waals surface area contributed by atoms with Gasteiger partial charge in [0.25, 0.3) is 0 Å². The van der Waals surface area contributed by atoms with E-state index in [-0.39, 0.29) is 0 Å². The molecule has 1 aliphatic carbocycles. The fraction of sp³-hybridized carbons (Fsp3) is 1.00. The molecule has 1 aliphatic rings. The molecule has 0 amide bonds. The minimum atomic E-state index is 0.497. The lowest BCUT2D eigenvalue weighted by Crippen LogP contribution is -2.35. The maximum atomic E-state index is 5.85. The number of rotatable bonds is 8. The summed E-state index contributed by atoms with van der Waals surface area (Å²) in [6, 6.07) is 0.730. The van der Waals surface area contributed by atoms with Crippen LogP contribution in [0.3, 0.4) is 0 Å². The van der Waals surface area contributed by atoms with Crippen LogP contribution in [0.25, 0.3) is 0 Å². The van der Waals surface area contributed by atoms with Gasteiger partial charge >= 0.3 is 0 Å². The molecule has 3 nitrogen and oxygen atoms in total. The van der Waals surface area contributed by atoms with Gasteiger partial charge in [-0.3, -0.25) is 0 Å². The van der Waals surface area contributed by atoms with Crippen molar-refractivity contribution in [2.75, 3.05) is 26.4 Å². The first-order valence-corrected chi connectivity index (χ1v) is 6.79. The number of hydrogen-bond acceptors (Lipinski definition) is 3. The standard InChI is InChI=1S/C13H27NO2/c1-3-14-12-6-8-13(9-7-12)16-11-5-10-15-4-2/h12-14H,3-11H2,1-2H3. The third-order valence-electron chi connectivity index (χ3n) is 3.16. The highest BCUT2D eigenvalue weighted by Gasteiger charge is 2.20. The predicted molar refractivity (Wildman–Crippen MR) is 66.8 cm³/mol. The van der Waals surface area contributed by atoms with Gasteiger partial charge in [-0.15, -0.1) is 0 Å². The van der Waals surface area contributed by atoms with Crippen LogP contribution in [0.15, 0.2) is 0 Å². The molecule has 0 aliphatic heterocycles. The molecule has 16 heavy (non-hydrogen) atoms. The van der Waals surface area contributed by atoms with Crippen LogP contribution >= 0.6 is 0 Å². The van der Waals surface area contributed by atoms with E-state index in [4.69, 9.17) is 9.47 Å². The third-order valence-corrected chi connectivity index (χ3v) is 3.16. The number of hydrogen-bond donors (Lipinski definition) is 1. The fourth-order valence-electron chi connectivity index (χ4n) is 2.28. The summed E-state index contributed by atoms with van der Waals surface area (Å²) in [5, 5.41) is 3.51. The van der Waals surface area contributed by atoms with Crippen molar-refractivity contribution in [3.63, 3.8) is 0 Å². The van der Waals surface area contributed by atoms with Gasteiger partial charge in [0, 0.05) is 25.9 Å². The summed E-state index contributed by atoms with van der Waals surface area (Å²) < 4.78 is 11.1. The maximum absolute atomic E-state index is 5.85. The Morgan fingerprint density at radius 3 is 2.44 bits per heavy atom. The molecule has 0 saturated heterocycles. The van der Waals surface area contributed by atoms with Crippen molar-refractivity contribution >= 4 is 0 Å². The molecular formula is C13H27NO2. The highest BCUT2D eigenvalue weighted by atomic mass is 16.5. The highest BCUT2D eigenvalue weighted by molar-refractivity contribution is 4.76. The molecule has 1 rings (SSSR count). The molecule has 0 aromatic carbocycles. The smallest absolute Gasteiger partial charge is 0.0576 e. The van der Waals surface area contributed by atoms with Crippen molar-refractivity contribution in [2.24, 2.45) is 0 Å². The van der Waals surface area contributed by atoms with E-state index in [1.807, 2.05) is 6.92 Å². The van der Waals surface area contributed by atoms with Gasteiger partial charge in [0.15, 0.2) is 0 Å². The van der Waals surface area contributed by atoms with Gasteiger partial charge in [-0.2, -0.15) is 0 Å². The quantitative estimate of drug-likeness (QED) is 0.648. The minimum absolute atomic E-state index is 0.497. The summed E-state index contributed by atoms with van der Waals surface area (Å²) in [4.78, 5) is 0. The zero-order valence-electron chi connectivity index (χ0n) is 10.8. The van der Waals surface area contributed by atoms with Crippen LogP contribution in [-0.2, 0) is 9.47 Å². The van der Waals surface area contributed by atoms with Crippen molar-refractivity contribution < 1.29 is 9.47 Å². The van der Waals surface area contributed by atoms with E-state index >= 15 is 0 Å². The molecule has 0 bridgehead atoms. The van der Waals surface area contributed by atoms with E-state index in [0.717, 1.165) is 38.8 Å². The largest absolute Gasteiger partial charge is 0.382 e. The Morgan fingerprint density at radius 2 is 1.81 bits per heavy atom. The summed E-state index contributed by atoms with van der Waals surface area (Å²) in [6.07, 6.45) is 6.49. The molecule has 96 valence electrons. The second-order valence-electron chi connectivity index (χ2n) is 4.45. The molecule has 0 spiro atoms. The predicted octanol–water partition coefficient (Wildman–Crippen LogP) is 2.35.